The van der Waals surface area contributed by atoms with Gasteiger partial charge in [-0.15, -0.1) is 0 Å². The van der Waals surface area contributed by atoms with E-state index in [9.17, 15) is 19.3 Å². The highest BCUT2D eigenvalue weighted by atomic mass is 19.1. The van der Waals surface area contributed by atoms with Crippen LogP contribution in [0.25, 0.3) is 0 Å². The van der Waals surface area contributed by atoms with Crippen LogP contribution < -0.4 is 10.2 Å². The average Bonchev–Trinajstić information content (AvgIpc) is 2.85. The molecule has 7 nitrogen and oxygen atoms in total. The molecule has 1 aliphatic heterocycles. The number of piperidine rings is 1. The first-order valence-electron chi connectivity index (χ1n) is 12.9. The van der Waals surface area contributed by atoms with Crippen molar-refractivity contribution >= 4 is 23.0 Å². The molecule has 0 aromatic heterocycles. The number of rotatable bonds is 7. The number of anilines is 2. The minimum absolute atomic E-state index is 0.145. The number of amides is 1. The second-order valence-corrected chi connectivity index (χ2v) is 10.8. The highest BCUT2D eigenvalue weighted by molar-refractivity contribution is 5.82. The molecule has 0 atom stereocenters. The van der Waals surface area contributed by atoms with Crippen molar-refractivity contribution in [1.82, 2.24) is 4.90 Å². The Hall–Kier alpha value is -3.16. The summed E-state index contributed by atoms with van der Waals surface area (Å²) in [4.78, 5) is 28.3. The van der Waals surface area contributed by atoms with Gasteiger partial charge in [0.2, 0.25) is 5.91 Å². The number of nitro benzene ring substituents is 1. The summed E-state index contributed by atoms with van der Waals surface area (Å²) in [5.41, 5.74) is 2.38. The van der Waals surface area contributed by atoms with Crippen molar-refractivity contribution < 1.29 is 14.1 Å². The summed E-state index contributed by atoms with van der Waals surface area (Å²) >= 11 is 0. The highest BCUT2D eigenvalue weighted by Gasteiger charge is 2.39. The van der Waals surface area contributed by atoms with E-state index in [0.717, 1.165) is 69.5 Å². The molecule has 1 heterocycles. The molecule has 1 saturated carbocycles. The lowest BCUT2D eigenvalue weighted by atomic mass is 9.78. The van der Waals surface area contributed by atoms with E-state index in [-0.39, 0.29) is 27.8 Å². The number of benzene rings is 2. The second kappa shape index (κ2) is 10.8. The summed E-state index contributed by atoms with van der Waals surface area (Å²) in [5.74, 6) is 0.477. The SMILES string of the molecule is Cc1cc(NC2CCC(CN(C)C(=O)C3(C)CCN(c4ccc(F)cc4)CC3)CC2)ccc1[N+](=O)[O-]. The van der Waals surface area contributed by atoms with Crippen molar-refractivity contribution in [1.29, 1.82) is 0 Å². The third-order valence-corrected chi connectivity index (χ3v) is 8.06. The highest BCUT2D eigenvalue weighted by Crippen LogP contribution is 2.36. The van der Waals surface area contributed by atoms with Crippen molar-refractivity contribution in [3.8, 4) is 0 Å². The topological polar surface area (TPSA) is 78.7 Å². The second-order valence-electron chi connectivity index (χ2n) is 10.8. The summed E-state index contributed by atoms with van der Waals surface area (Å²) < 4.78 is 13.2. The molecular weight excluding hydrogens is 459 g/mol. The summed E-state index contributed by atoms with van der Waals surface area (Å²) in [6.07, 6.45) is 5.73. The van der Waals surface area contributed by atoms with Gasteiger partial charge in [-0.3, -0.25) is 14.9 Å². The normalized spacial score (nSPS) is 21.6. The Morgan fingerprint density at radius 2 is 1.78 bits per heavy atom. The van der Waals surface area contributed by atoms with Crippen LogP contribution in [-0.4, -0.2) is 48.5 Å². The Labute approximate surface area is 212 Å². The molecule has 0 unspecified atom stereocenters. The number of hydrogen-bond acceptors (Lipinski definition) is 5. The number of nitro groups is 1. The summed E-state index contributed by atoms with van der Waals surface area (Å²) in [5, 5.41) is 14.6. The van der Waals surface area contributed by atoms with E-state index in [1.54, 1.807) is 31.2 Å². The van der Waals surface area contributed by atoms with Crippen LogP contribution >= 0.6 is 0 Å². The largest absolute Gasteiger partial charge is 0.382 e. The quantitative estimate of drug-likeness (QED) is 0.388. The molecule has 2 aromatic carbocycles. The first-order valence-corrected chi connectivity index (χ1v) is 12.9. The van der Waals surface area contributed by atoms with Crippen molar-refractivity contribution in [3.05, 3.63) is 64.0 Å². The van der Waals surface area contributed by atoms with Gasteiger partial charge in [-0.05, 0) is 87.8 Å². The Bertz CT molecular complexity index is 1070. The van der Waals surface area contributed by atoms with Crippen molar-refractivity contribution in [3.63, 3.8) is 0 Å². The average molecular weight is 497 g/mol. The monoisotopic (exact) mass is 496 g/mol. The van der Waals surface area contributed by atoms with E-state index < -0.39 is 0 Å². The fourth-order valence-electron chi connectivity index (χ4n) is 5.73. The van der Waals surface area contributed by atoms with E-state index in [4.69, 9.17) is 0 Å². The number of aryl methyl sites for hydroxylation is 1. The lowest BCUT2D eigenvalue weighted by Gasteiger charge is -2.42. The molecule has 1 aliphatic carbocycles. The van der Waals surface area contributed by atoms with Gasteiger partial charge >= 0.3 is 0 Å². The summed E-state index contributed by atoms with van der Waals surface area (Å²) in [7, 11) is 1.93. The third kappa shape index (κ3) is 5.97. The first-order chi connectivity index (χ1) is 17.1. The summed E-state index contributed by atoms with van der Waals surface area (Å²) in [6, 6.07) is 12.1. The van der Waals surface area contributed by atoms with Crippen LogP contribution in [0.5, 0.6) is 0 Å². The number of carbonyl (C=O) groups is 1. The van der Waals surface area contributed by atoms with Gasteiger partial charge in [0.15, 0.2) is 0 Å². The molecule has 0 radical (unpaired) electrons. The molecule has 8 heteroatoms. The van der Waals surface area contributed by atoms with Gasteiger partial charge in [0, 0.05) is 61.1 Å². The molecule has 2 aliphatic rings. The van der Waals surface area contributed by atoms with E-state index >= 15 is 0 Å². The zero-order valence-electron chi connectivity index (χ0n) is 21.5. The Balaban J connectivity index is 1.23. The van der Waals surface area contributed by atoms with Crippen LogP contribution in [-0.2, 0) is 4.79 Å². The third-order valence-electron chi connectivity index (χ3n) is 8.06. The molecule has 1 amide bonds. The van der Waals surface area contributed by atoms with E-state index in [1.165, 1.54) is 12.1 Å². The van der Waals surface area contributed by atoms with Crippen LogP contribution in [0.1, 0.15) is 51.0 Å². The minimum atomic E-state index is -0.363. The van der Waals surface area contributed by atoms with Crippen LogP contribution in [0.3, 0.4) is 0 Å². The van der Waals surface area contributed by atoms with Gasteiger partial charge in [-0.1, -0.05) is 6.92 Å². The maximum Gasteiger partial charge on any atom is 0.272 e. The molecular formula is C28H37FN4O3. The molecule has 194 valence electrons. The maximum absolute atomic E-state index is 13.4. The Morgan fingerprint density at radius 3 is 2.36 bits per heavy atom. The standard InChI is InChI=1S/C28H37FN4O3/c1-20-18-24(10-13-26(20)33(35)36)30-23-8-4-21(5-9-23)19-31(3)27(34)28(2)14-16-32(17-15-28)25-11-6-22(29)7-12-25/h6-7,10-13,18,21,23,30H,4-5,8-9,14-17,19H2,1-3H3. The van der Waals surface area contributed by atoms with Crippen molar-refractivity contribution in [2.24, 2.45) is 11.3 Å². The molecule has 4 rings (SSSR count). The Kier molecular flexibility index (Phi) is 7.81. The predicted molar refractivity (Wildman–Crippen MR) is 141 cm³/mol. The van der Waals surface area contributed by atoms with Crippen LogP contribution in [0.15, 0.2) is 42.5 Å². The van der Waals surface area contributed by atoms with Gasteiger partial charge in [0.25, 0.3) is 5.69 Å². The number of carbonyl (C=O) groups excluding carboxylic acids is 1. The zero-order chi connectivity index (χ0) is 25.9. The fraction of sp³-hybridized carbons (Fsp3) is 0.536. The van der Waals surface area contributed by atoms with Gasteiger partial charge in [0.1, 0.15) is 5.82 Å². The fourth-order valence-corrected chi connectivity index (χ4v) is 5.73. The summed E-state index contributed by atoms with van der Waals surface area (Å²) in [6.45, 7) is 6.21. The van der Waals surface area contributed by atoms with E-state index in [1.807, 2.05) is 18.0 Å². The molecule has 2 fully saturated rings. The van der Waals surface area contributed by atoms with Crippen LogP contribution in [0.2, 0.25) is 0 Å². The van der Waals surface area contributed by atoms with Gasteiger partial charge in [-0.25, -0.2) is 4.39 Å². The van der Waals surface area contributed by atoms with Crippen LogP contribution in [0.4, 0.5) is 21.5 Å². The van der Waals surface area contributed by atoms with Crippen LogP contribution in [0, 0.1) is 34.2 Å². The predicted octanol–water partition coefficient (Wildman–Crippen LogP) is 5.78. The molecule has 2 aromatic rings. The van der Waals surface area contributed by atoms with Gasteiger partial charge in [-0.2, -0.15) is 0 Å². The number of nitrogens with zero attached hydrogens (tertiary/aromatic N) is 3. The van der Waals surface area contributed by atoms with Gasteiger partial charge in [0.05, 0.1) is 4.92 Å². The lowest BCUT2D eigenvalue weighted by molar-refractivity contribution is -0.385. The van der Waals surface area contributed by atoms with Crippen molar-refractivity contribution in [2.75, 3.05) is 36.9 Å². The maximum atomic E-state index is 13.4. The molecule has 1 N–H and O–H groups in total. The molecule has 36 heavy (non-hydrogen) atoms. The van der Waals surface area contributed by atoms with E-state index in [0.29, 0.717) is 17.5 Å². The number of halogens is 1. The smallest absolute Gasteiger partial charge is 0.272 e. The molecule has 1 saturated heterocycles. The Morgan fingerprint density at radius 1 is 1.14 bits per heavy atom. The van der Waals surface area contributed by atoms with Crippen molar-refractivity contribution in [2.45, 2.75) is 58.4 Å². The number of hydrogen-bond donors (Lipinski definition) is 1. The number of nitrogens with one attached hydrogen (secondary N) is 1. The first kappa shape index (κ1) is 25.9. The molecule has 0 bridgehead atoms. The van der Waals surface area contributed by atoms with E-state index in [2.05, 4.69) is 17.1 Å². The molecule has 0 spiro atoms. The minimum Gasteiger partial charge on any atom is -0.382 e. The van der Waals surface area contributed by atoms with Gasteiger partial charge < -0.3 is 15.1 Å². The zero-order valence-corrected chi connectivity index (χ0v) is 21.5. The lowest BCUT2D eigenvalue weighted by Crippen LogP contribution is -2.49.